The van der Waals surface area contributed by atoms with Crippen molar-refractivity contribution in [2.24, 2.45) is 5.84 Å². The second kappa shape index (κ2) is 8.02. The molecular formula is C13H22N4S. The van der Waals surface area contributed by atoms with Crippen molar-refractivity contribution in [1.82, 2.24) is 15.6 Å². The molecule has 0 amide bonds. The first-order valence-corrected chi connectivity index (χ1v) is 6.67. The molecule has 0 saturated heterocycles. The van der Waals surface area contributed by atoms with Crippen LogP contribution < -0.4 is 16.6 Å². The Hall–Kier alpha value is -1.17. The summed E-state index contributed by atoms with van der Waals surface area (Å²) in [7, 11) is 0. The summed E-state index contributed by atoms with van der Waals surface area (Å²) in [6, 6.07) is 10.7. The van der Waals surface area contributed by atoms with Crippen LogP contribution in [0.2, 0.25) is 0 Å². The van der Waals surface area contributed by atoms with Crippen LogP contribution in [0.3, 0.4) is 0 Å². The zero-order chi connectivity index (χ0) is 13.4. The maximum atomic E-state index is 5.27. The first-order valence-electron chi connectivity index (χ1n) is 6.26. The number of hydrogen-bond donors (Lipinski definition) is 3. The molecular weight excluding hydrogens is 244 g/mol. The standard InChI is InChI=1S/C13H22N4S/c1-3-17(4-2)12(10-15-13(18)16-14)11-8-6-5-7-9-11/h5-9,12H,3-4,10,14H2,1-2H3,(H2,15,16,18). The lowest BCUT2D eigenvalue weighted by Gasteiger charge is -2.30. The van der Waals surface area contributed by atoms with Crippen molar-refractivity contribution in [3.05, 3.63) is 35.9 Å². The van der Waals surface area contributed by atoms with Crippen molar-refractivity contribution in [2.75, 3.05) is 19.6 Å². The van der Waals surface area contributed by atoms with Crippen molar-refractivity contribution in [2.45, 2.75) is 19.9 Å². The number of rotatable bonds is 6. The maximum Gasteiger partial charge on any atom is 0.180 e. The van der Waals surface area contributed by atoms with Crippen LogP contribution >= 0.6 is 12.2 Å². The maximum absolute atomic E-state index is 5.27. The highest BCUT2D eigenvalue weighted by molar-refractivity contribution is 7.80. The van der Waals surface area contributed by atoms with Gasteiger partial charge in [-0.05, 0) is 30.9 Å². The van der Waals surface area contributed by atoms with E-state index >= 15 is 0 Å². The summed E-state index contributed by atoms with van der Waals surface area (Å²) < 4.78 is 0. The van der Waals surface area contributed by atoms with E-state index in [0.717, 1.165) is 19.6 Å². The molecule has 0 heterocycles. The topological polar surface area (TPSA) is 53.3 Å². The van der Waals surface area contributed by atoms with Crippen molar-refractivity contribution in [3.8, 4) is 0 Å². The van der Waals surface area contributed by atoms with Gasteiger partial charge in [0, 0.05) is 6.54 Å². The minimum atomic E-state index is 0.299. The summed E-state index contributed by atoms with van der Waals surface area (Å²) in [6.45, 7) is 7.08. The predicted molar refractivity (Wildman–Crippen MR) is 80.0 cm³/mol. The first-order chi connectivity index (χ1) is 8.72. The summed E-state index contributed by atoms with van der Waals surface area (Å²) in [5.41, 5.74) is 3.73. The Morgan fingerprint density at radius 3 is 2.39 bits per heavy atom. The fourth-order valence-electron chi connectivity index (χ4n) is 2.04. The second-order valence-corrected chi connectivity index (χ2v) is 4.41. The van der Waals surface area contributed by atoms with Gasteiger partial charge in [0.05, 0.1) is 6.04 Å². The van der Waals surface area contributed by atoms with Crippen LogP contribution in [0.4, 0.5) is 0 Å². The van der Waals surface area contributed by atoms with Crippen molar-refractivity contribution in [1.29, 1.82) is 0 Å². The molecule has 0 radical (unpaired) electrons. The molecule has 1 unspecified atom stereocenters. The Balaban J connectivity index is 2.78. The number of benzene rings is 1. The van der Waals surface area contributed by atoms with E-state index < -0.39 is 0 Å². The number of hydrogen-bond acceptors (Lipinski definition) is 3. The van der Waals surface area contributed by atoms with Crippen LogP contribution in [0.15, 0.2) is 30.3 Å². The first kappa shape index (κ1) is 14.9. The van der Waals surface area contributed by atoms with Crippen LogP contribution in [0.1, 0.15) is 25.5 Å². The van der Waals surface area contributed by atoms with Crippen molar-refractivity contribution in [3.63, 3.8) is 0 Å². The third-order valence-corrected chi connectivity index (χ3v) is 3.29. The van der Waals surface area contributed by atoms with Gasteiger partial charge in [0.25, 0.3) is 0 Å². The fourth-order valence-corrected chi connectivity index (χ4v) is 2.12. The van der Waals surface area contributed by atoms with Crippen LogP contribution in [-0.2, 0) is 0 Å². The molecule has 0 aliphatic carbocycles. The largest absolute Gasteiger partial charge is 0.360 e. The van der Waals surface area contributed by atoms with Crippen molar-refractivity contribution < 1.29 is 0 Å². The van der Waals surface area contributed by atoms with E-state index in [9.17, 15) is 0 Å². The Labute approximate surface area is 115 Å². The monoisotopic (exact) mass is 266 g/mol. The Morgan fingerprint density at radius 1 is 1.28 bits per heavy atom. The molecule has 1 aromatic carbocycles. The normalized spacial score (nSPS) is 12.2. The summed E-state index contributed by atoms with van der Waals surface area (Å²) in [4.78, 5) is 2.39. The van der Waals surface area contributed by atoms with E-state index in [1.54, 1.807) is 0 Å². The quantitative estimate of drug-likeness (QED) is 0.413. The number of nitrogens with two attached hydrogens (primary N) is 1. The van der Waals surface area contributed by atoms with E-state index in [1.807, 2.05) is 6.07 Å². The van der Waals surface area contributed by atoms with Gasteiger partial charge in [-0.3, -0.25) is 4.90 Å². The SMILES string of the molecule is CCN(CC)C(CNC(=S)NN)c1ccccc1. The number of thiocarbonyl (C=S) groups is 1. The fraction of sp³-hybridized carbons (Fsp3) is 0.462. The highest BCUT2D eigenvalue weighted by Crippen LogP contribution is 2.19. The number of likely N-dealkylation sites (N-methyl/N-ethyl adjacent to an activating group) is 1. The molecule has 0 spiro atoms. The Bertz CT molecular complexity index is 351. The van der Waals surface area contributed by atoms with Gasteiger partial charge < -0.3 is 10.7 Å². The summed E-state index contributed by atoms with van der Waals surface area (Å²) >= 11 is 5.02. The van der Waals surface area contributed by atoms with Gasteiger partial charge in [0.15, 0.2) is 5.11 Å². The van der Waals surface area contributed by atoms with E-state index in [-0.39, 0.29) is 0 Å². The average Bonchev–Trinajstić information content (AvgIpc) is 2.44. The van der Waals surface area contributed by atoms with Gasteiger partial charge in [-0.25, -0.2) is 5.84 Å². The molecule has 0 bridgehead atoms. The van der Waals surface area contributed by atoms with E-state index in [4.69, 9.17) is 18.1 Å². The van der Waals surface area contributed by atoms with Gasteiger partial charge >= 0.3 is 0 Å². The molecule has 4 N–H and O–H groups in total. The molecule has 0 fully saturated rings. The van der Waals surface area contributed by atoms with E-state index in [0.29, 0.717) is 11.2 Å². The molecule has 0 aliphatic heterocycles. The van der Waals surface area contributed by atoms with E-state index in [1.165, 1.54) is 5.56 Å². The lowest BCUT2D eigenvalue weighted by Crippen LogP contribution is -2.44. The molecule has 0 aliphatic rings. The number of nitrogens with zero attached hydrogens (tertiary/aromatic N) is 1. The van der Waals surface area contributed by atoms with Gasteiger partial charge in [0.2, 0.25) is 0 Å². The van der Waals surface area contributed by atoms with E-state index in [2.05, 4.69) is 53.8 Å². The van der Waals surface area contributed by atoms with Crippen LogP contribution in [0.5, 0.6) is 0 Å². The molecule has 0 aromatic heterocycles. The highest BCUT2D eigenvalue weighted by Gasteiger charge is 2.17. The van der Waals surface area contributed by atoms with Gasteiger partial charge in [-0.15, -0.1) is 0 Å². The molecule has 1 atom stereocenters. The van der Waals surface area contributed by atoms with Gasteiger partial charge in [-0.1, -0.05) is 44.2 Å². The molecule has 4 nitrogen and oxygen atoms in total. The third kappa shape index (κ3) is 4.25. The molecule has 1 rings (SSSR count). The molecule has 0 saturated carbocycles. The van der Waals surface area contributed by atoms with Crippen LogP contribution in [0.25, 0.3) is 0 Å². The van der Waals surface area contributed by atoms with Crippen LogP contribution in [-0.4, -0.2) is 29.6 Å². The van der Waals surface area contributed by atoms with Crippen molar-refractivity contribution >= 4 is 17.3 Å². The molecule has 18 heavy (non-hydrogen) atoms. The zero-order valence-electron chi connectivity index (χ0n) is 11.0. The summed E-state index contributed by atoms with van der Waals surface area (Å²) in [5, 5.41) is 3.61. The van der Waals surface area contributed by atoms with Gasteiger partial charge in [0.1, 0.15) is 0 Å². The van der Waals surface area contributed by atoms with Gasteiger partial charge in [-0.2, -0.15) is 0 Å². The highest BCUT2D eigenvalue weighted by atomic mass is 32.1. The van der Waals surface area contributed by atoms with Crippen LogP contribution in [0, 0.1) is 0 Å². The second-order valence-electron chi connectivity index (χ2n) is 4.00. The predicted octanol–water partition coefficient (Wildman–Crippen LogP) is 1.41. The number of hydrazine groups is 1. The Kier molecular flexibility index (Phi) is 6.64. The average molecular weight is 266 g/mol. The lowest BCUT2D eigenvalue weighted by atomic mass is 10.1. The Morgan fingerprint density at radius 2 is 1.89 bits per heavy atom. The zero-order valence-corrected chi connectivity index (χ0v) is 11.8. The summed E-state index contributed by atoms with van der Waals surface area (Å²) in [6.07, 6.45) is 0. The lowest BCUT2D eigenvalue weighted by molar-refractivity contribution is 0.219. The smallest absolute Gasteiger partial charge is 0.180 e. The minimum Gasteiger partial charge on any atom is -0.360 e. The molecule has 100 valence electrons. The number of nitrogens with one attached hydrogen (secondary N) is 2. The molecule has 5 heteroatoms. The third-order valence-electron chi connectivity index (χ3n) is 3.02. The minimum absolute atomic E-state index is 0.299. The molecule has 1 aromatic rings. The summed E-state index contributed by atoms with van der Waals surface area (Å²) in [5.74, 6) is 5.27.